The van der Waals surface area contributed by atoms with Crippen molar-refractivity contribution in [2.45, 2.75) is 75.7 Å². The summed E-state index contributed by atoms with van der Waals surface area (Å²) in [5, 5.41) is 7.87. The highest BCUT2D eigenvalue weighted by Crippen LogP contribution is 2.48. The predicted molar refractivity (Wildman–Crippen MR) is 210 cm³/mol. The van der Waals surface area contributed by atoms with Gasteiger partial charge in [0.05, 0.1) is 11.4 Å². The predicted octanol–water partition coefficient (Wildman–Crippen LogP) is 14.8. The fourth-order valence-corrected chi connectivity index (χ4v) is 6.25. The molecule has 0 aromatic heterocycles. The van der Waals surface area contributed by atoms with Crippen molar-refractivity contribution in [1.82, 2.24) is 0 Å². The van der Waals surface area contributed by atoms with Crippen LogP contribution in [0.4, 0.5) is 17.1 Å². The van der Waals surface area contributed by atoms with Crippen LogP contribution in [0.3, 0.4) is 0 Å². The zero-order valence-electron chi connectivity index (χ0n) is 29.8. The third-order valence-corrected chi connectivity index (χ3v) is 7.83. The van der Waals surface area contributed by atoms with E-state index in [1.165, 1.54) is 71.6 Å². The molecule has 0 radical (unpaired) electrons. The second-order valence-electron chi connectivity index (χ2n) is 9.75. The van der Waals surface area contributed by atoms with E-state index in [1.807, 2.05) is 69.2 Å². The summed E-state index contributed by atoms with van der Waals surface area (Å²) >= 11 is 0. The van der Waals surface area contributed by atoms with Crippen LogP contribution in [0.1, 0.15) is 80.4 Å². The number of nitrogens with zero attached hydrogens (tertiary/aromatic N) is 1. The minimum atomic E-state index is 0.955. The Labute approximate surface area is 278 Å². The molecule has 0 aliphatic heterocycles. The molecule has 46 heavy (non-hydrogen) atoms. The molecule has 0 N–H and O–H groups in total. The number of benzene rings is 7. The molecular weight excluding hydrogens is 555 g/mol. The SMILES string of the molecule is CC.CC.CC.CC.CC.c1ccc(N(c2cccc3c2Cc2ccccc2-3)c2ccc3ccc4cccc5ccc2c3c45)cc1. The number of para-hydroxylation sites is 1. The molecule has 0 spiro atoms. The van der Waals surface area contributed by atoms with Gasteiger partial charge in [0.15, 0.2) is 0 Å². The van der Waals surface area contributed by atoms with Crippen molar-refractivity contribution in [2.24, 2.45) is 0 Å². The lowest BCUT2D eigenvalue weighted by Crippen LogP contribution is -2.12. The van der Waals surface area contributed by atoms with E-state index in [-0.39, 0.29) is 0 Å². The van der Waals surface area contributed by atoms with Crippen molar-refractivity contribution in [1.29, 1.82) is 0 Å². The number of hydrogen-bond acceptors (Lipinski definition) is 1. The Bertz CT molecular complexity index is 1900. The van der Waals surface area contributed by atoms with Crippen LogP contribution in [-0.2, 0) is 6.42 Å². The smallest absolute Gasteiger partial charge is 0.0540 e. The van der Waals surface area contributed by atoms with Gasteiger partial charge in [0, 0.05) is 17.5 Å². The van der Waals surface area contributed by atoms with Crippen molar-refractivity contribution in [3.05, 3.63) is 139 Å². The maximum Gasteiger partial charge on any atom is 0.0540 e. The summed E-state index contributed by atoms with van der Waals surface area (Å²) in [5.41, 5.74) is 9.16. The molecule has 0 saturated carbocycles. The molecule has 8 rings (SSSR count). The average molecular weight is 608 g/mol. The molecular formula is C45H53N. The van der Waals surface area contributed by atoms with Gasteiger partial charge in [0.25, 0.3) is 0 Å². The molecule has 0 atom stereocenters. The van der Waals surface area contributed by atoms with Crippen LogP contribution in [0, 0.1) is 0 Å². The summed E-state index contributed by atoms with van der Waals surface area (Å²) in [5.74, 6) is 0. The van der Waals surface area contributed by atoms with Gasteiger partial charge < -0.3 is 4.90 Å². The largest absolute Gasteiger partial charge is 0.310 e. The lowest BCUT2D eigenvalue weighted by Gasteiger charge is -2.29. The third-order valence-electron chi connectivity index (χ3n) is 7.83. The molecule has 7 aromatic rings. The fraction of sp³-hybridized carbons (Fsp3) is 0.244. The summed E-state index contributed by atoms with van der Waals surface area (Å²) in [7, 11) is 0. The first-order valence-electron chi connectivity index (χ1n) is 17.6. The molecule has 0 fully saturated rings. The zero-order chi connectivity index (χ0) is 33.6. The Kier molecular flexibility index (Phi) is 13.8. The molecule has 7 aromatic carbocycles. The van der Waals surface area contributed by atoms with Crippen LogP contribution in [0.5, 0.6) is 0 Å². The van der Waals surface area contributed by atoms with Crippen LogP contribution < -0.4 is 4.90 Å². The molecule has 1 aliphatic carbocycles. The van der Waals surface area contributed by atoms with Crippen LogP contribution in [0.15, 0.2) is 127 Å². The zero-order valence-corrected chi connectivity index (χ0v) is 29.8. The van der Waals surface area contributed by atoms with Crippen molar-refractivity contribution >= 4 is 49.4 Å². The van der Waals surface area contributed by atoms with Gasteiger partial charge in [-0.2, -0.15) is 0 Å². The van der Waals surface area contributed by atoms with Gasteiger partial charge in [-0.1, -0.05) is 172 Å². The summed E-state index contributed by atoms with van der Waals surface area (Å²) in [6.45, 7) is 20.0. The Morgan fingerprint density at radius 1 is 0.391 bits per heavy atom. The summed E-state index contributed by atoms with van der Waals surface area (Å²) < 4.78 is 0. The van der Waals surface area contributed by atoms with Gasteiger partial charge in [-0.3, -0.25) is 0 Å². The molecule has 1 nitrogen and oxygen atoms in total. The third kappa shape index (κ3) is 6.65. The van der Waals surface area contributed by atoms with E-state index < -0.39 is 0 Å². The first-order chi connectivity index (χ1) is 22.9. The molecule has 0 saturated heterocycles. The molecule has 0 amide bonds. The number of anilines is 3. The fourth-order valence-electron chi connectivity index (χ4n) is 6.25. The van der Waals surface area contributed by atoms with E-state index in [9.17, 15) is 0 Å². The standard InChI is InChI=1S/C35H23N.5C2H6/c1-2-11-27(12-3-1)36(32-15-7-14-29-28-13-5-4-8-26(28)22-31(29)32)33-21-19-25-17-16-23-9-6-10-24-18-20-30(33)35(25)34(23)24;5*1-2/h1-21H,22H2;5*1-2H3. The Balaban J connectivity index is 0.000000530. The van der Waals surface area contributed by atoms with Crippen molar-refractivity contribution < 1.29 is 0 Å². The van der Waals surface area contributed by atoms with Gasteiger partial charge in [-0.05, 0) is 73.5 Å². The van der Waals surface area contributed by atoms with Crippen LogP contribution in [-0.4, -0.2) is 0 Å². The van der Waals surface area contributed by atoms with Gasteiger partial charge in [0.1, 0.15) is 0 Å². The van der Waals surface area contributed by atoms with Gasteiger partial charge in [-0.25, -0.2) is 0 Å². The normalized spacial score (nSPS) is 10.3. The van der Waals surface area contributed by atoms with Crippen molar-refractivity contribution in [3.8, 4) is 11.1 Å². The van der Waals surface area contributed by atoms with E-state index in [2.05, 4.69) is 132 Å². The topological polar surface area (TPSA) is 3.24 Å². The summed E-state index contributed by atoms with van der Waals surface area (Å²) in [6.07, 6.45) is 0.955. The number of hydrogen-bond donors (Lipinski definition) is 0. The minimum absolute atomic E-state index is 0.955. The highest BCUT2D eigenvalue weighted by molar-refractivity contribution is 6.25. The van der Waals surface area contributed by atoms with Gasteiger partial charge >= 0.3 is 0 Å². The monoisotopic (exact) mass is 607 g/mol. The molecule has 1 aliphatic rings. The minimum Gasteiger partial charge on any atom is -0.310 e. The Hall–Kier alpha value is -4.62. The van der Waals surface area contributed by atoms with E-state index in [0.717, 1.165) is 6.42 Å². The highest BCUT2D eigenvalue weighted by Gasteiger charge is 2.26. The van der Waals surface area contributed by atoms with E-state index in [1.54, 1.807) is 0 Å². The van der Waals surface area contributed by atoms with Crippen molar-refractivity contribution in [2.75, 3.05) is 4.90 Å². The Morgan fingerprint density at radius 2 is 0.913 bits per heavy atom. The van der Waals surface area contributed by atoms with E-state index in [4.69, 9.17) is 0 Å². The molecule has 1 heteroatoms. The van der Waals surface area contributed by atoms with Crippen LogP contribution in [0.25, 0.3) is 43.4 Å². The van der Waals surface area contributed by atoms with E-state index in [0.29, 0.717) is 0 Å². The highest BCUT2D eigenvalue weighted by atomic mass is 15.1. The molecule has 0 heterocycles. The molecule has 0 unspecified atom stereocenters. The second kappa shape index (κ2) is 17.8. The first kappa shape index (κ1) is 35.9. The average Bonchev–Trinajstić information content (AvgIpc) is 3.55. The lowest BCUT2D eigenvalue weighted by atomic mass is 9.93. The Morgan fingerprint density at radius 3 is 1.59 bits per heavy atom. The number of rotatable bonds is 3. The summed E-state index contributed by atoms with van der Waals surface area (Å²) in [4.78, 5) is 2.47. The second-order valence-corrected chi connectivity index (χ2v) is 9.75. The van der Waals surface area contributed by atoms with Crippen LogP contribution >= 0.6 is 0 Å². The first-order valence-corrected chi connectivity index (χ1v) is 17.6. The van der Waals surface area contributed by atoms with Gasteiger partial charge in [-0.15, -0.1) is 0 Å². The maximum atomic E-state index is 2.47. The number of fused-ring (bicyclic) bond motifs is 3. The van der Waals surface area contributed by atoms with Gasteiger partial charge in [0.2, 0.25) is 0 Å². The summed E-state index contributed by atoms with van der Waals surface area (Å²) in [6, 6.07) is 46.7. The molecule has 0 bridgehead atoms. The maximum absolute atomic E-state index is 2.47. The van der Waals surface area contributed by atoms with Crippen LogP contribution in [0.2, 0.25) is 0 Å². The quantitative estimate of drug-likeness (QED) is 0.181. The van der Waals surface area contributed by atoms with Crippen molar-refractivity contribution in [3.63, 3.8) is 0 Å². The van der Waals surface area contributed by atoms with E-state index >= 15 is 0 Å². The lowest BCUT2D eigenvalue weighted by molar-refractivity contribution is 1.20. The molecule has 238 valence electrons.